The van der Waals surface area contributed by atoms with Gasteiger partial charge in [0.25, 0.3) is 0 Å². The second kappa shape index (κ2) is 2.73. The van der Waals surface area contributed by atoms with Crippen LogP contribution in [0.15, 0.2) is 0 Å². The molecule has 0 radical (unpaired) electrons. The molecule has 2 rings (SSSR count). The molecule has 0 aromatic heterocycles. The topological polar surface area (TPSA) is 20.2 Å². The Morgan fingerprint density at radius 1 is 1.23 bits per heavy atom. The molecule has 2 aliphatic carbocycles. The minimum atomic E-state index is -0.193. The second-order valence-corrected chi connectivity index (χ2v) is 7.51. The summed E-state index contributed by atoms with van der Waals surface area (Å²) in [5.41, 5.74) is 0.300. The van der Waals surface area contributed by atoms with Gasteiger partial charge in [0.1, 0.15) is 0 Å². The molecule has 2 aliphatic rings. The maximum Gasteiger partial charge on any atom is 0.0727 e. The van der Waals surface area contributed by atoms with Crippen molar-refractivity contribution in [1.29, 1.82) is 0 Å². The molecule has 0 heterocycles. The molecule has 0 amide bonds. The van der Waals surface area contributed by atoms with Gasteiger partial charge < -0.3 is 5.11 Å². The van der Waals surface area contributed by atoms with Gasteiger partial charge in [0.05, 0.1) is 6.10 Å². The van der Waals surface area contributed by atoms with Gasteiger partial charge in [-0.3, -0.25) is 0 Å². The monoisotopic (exact) mass is 310 g/mol. The number of hydrogen-bond donors (Lipinski definition) is 1. The Morgan fingerprint density at radius 3 is 2.08 bits per heavy atom. The zero-order chi connectivity index (χ0) is 10.0. The summed E-state index contributed by atoms with van der Waals surface area (Å²) in [6.45, 7) is 6.78. The lowest BCUT2D eigenvalue weighted by atomic mass is 9.70. The van der Waals surface area contributed by atoms with Gasteiger partial charge >= 0.3 is 0 Å². The zero-order valence-corrected chi connectivity index (χ0v) is 11.4. The molecule has 3 heteroatoms. The highest BCUT2D eigenvalue weighted by Crippen LogP contribution is 2.68. The SMILES string of the molecule is CC1(C)[C@@H]2C(Br)C[C@]1(C)[C@@H](O)C2Br. The number of rotatable bonds is 0. The molecule has 2 fully saturated rings. The van der Waals surface area contributed by atoms with E-state index in [1.807, 2.05) is 0 Å². The van der Waals surface area contributed by atoms with E-state index >= 15 is 0 Å². The fourth-order valence-corrected chi connectivity index (χ4v) is 6.96. The molecule has 2 saturated carbocycles. The van der Waals surface area contributed by atoms with Gasteiger partial charge in [0.2, 0.25) is 0 Å². The Morgan fingerprint density at radius 2 is 1.77 bits per heavy atom. The lowest BCUT2D eigenvalue weighted by molar-refractivity contribution is 0.0160. The van der Waals surface area contributed by atoms with Gasteiger partial charge in [0.15, 0.2) is 0 Å². The van der Waals surface area contributed by atoms with E-state index in [0.717, 1.165) is 6.42 Å². The summed E-state index contributed by atoms with van der Waals surface area (Å²) < 4.78 is 0. The van der Waals surface area contributed by atoms with Crippen LogP contribution in [0.2, 0.25) is 0 Å². The van der Waals surface area contributed by atoms with Crippen molar-refractivity contribution in [2.75, 3.05) is 0 Å². The first-order valence-corrected chi connectivity index (χ1v) is 6.62. The summed E-state index contributed by atoms with van der Waals surface area (Å²) in [6.07, 6.45) is 0.898. The van der Waals surface area contributed by atoms with Crippen LogP contribution < -0.4 is 0 Å². The maximum atomic E-state index is 10.1. The number of hydrogen-bond acceptors (Lipinski definition) is 1. The summed E-state index contributed by atoms with van der Waals surface area (Å²) in [4.78, 5) is 0.811. The maximum absolute atomic E-state index is 10.1. The number of alkyl halides is 2. The van der Waals surface area contributed by atoms with Crippen LogP contribution in [0.25, 0.3) is 0 Å². The van der Waals surface area contributed by atoms with E-state index in [4.69, 9.17) is 0 Å². The van der Waals surface area contributed by atoms with Crippen molar-refractivity contribution < 1.29 is 5.11 Å². The quantitative estimate of drug-likeness (QED) is 0.682. The van der Waals surface area contributed by atoms with Crippen molar-refractivity contribution in [2.24, 2.45) is 16.7 Å². The minimum Gasteiger partial charge on any atom is -0.391 e. The molecule has 0 aromatic rings. The van der Waals surface area contributed by atoms with E-state index in [1.54, 1.807) is 0 Å². The Bertz CT molecular complexity index is 241. The first-order chi connectivity index (χ1) is 5.82. The predicted octanol–water partition coefficient (Wildman–Crippen LogP) is 2.94. The van der Waals surface area contributed by atoms with Crippen LogP contribution >= 0.6 is 31.9 Å². The summed E-state index contributed by atoms with van der Waals surface area (Å²) in [6, 6.07) is 0. The fraction of sp³-hybridized carbons (Fsp3) is 1.00. The first-order valence-electron chi connectivity index (χ1n) is 4.78. The van der Waals surface area contributed by atoms with E-state index in [1.165, 1.54) is 0 Å². The normalized spacial score (nSPS) is 58.6. The molecule has 13 heavy (non-hydrogen) atoms. The summed E-state index contributed by atoms with van der Waals surface area (Å²) >= 11 is 7.36. The molecule has 2 bridgehead atoms. The van der Waals surface area contributed by atoms with E-state index in [9.17, 15) is 5.11 Å². The van der Waals surface area contributed by atoms with Crippen molar-refractivity contribution in [3.8, 4) is 0 Å². The third-order valence-corrected chi connectivity index (χ3v) is 6.58. The Kier molecular flexibility index (Phi) is 2.19. The third-order valence-electron chi connectivity index (χ3n) is 4.61. The van der Waals surface area contributed by atoms with Gasteiger partial charge in [-0.2, -0.15) is 0 Å². The minimum absolute atomic E-state index is 0.0694. The van der Waals surface area contributed by atoms with Crippen molar-refractivity contribution in [1.82, 2.24) is 0 Å². The lowest BCUT2D eigenvalue weighted by Crippen LogP contribution is -2.39. The largest absolute Gasteiger partial charge is 0.391 e. The van der Waals surface area contributed by atoms with E-state index < -0.39 is 0 Å². The molecule has 1 N–H and O–H groups in total. The van der Waals surface area contributed by atoms with E-state index in [2.05, 4.69) is 52.6 Å². The zero-order valence-electron chi connectivity index (χ0n) is 8.22. The van der Waals surface area contributed by atoms with Crippen LogP contribution in [-0.2, 0) is 0 Å². The number of halogens is 2. The van der Waals surface area contributed by atoms with Crippen molar-refractivity contribution in [2.45, 2.75) is 43.0 Å². The molecule has 0 spiro atoms. The molecular weight excluding hydrogens is 296 g/mol. The smallest absolute Gasteiger partial charge is 0.0727 e. The first kappa shape index (κ1) is 10.4. The third kappa shape index (κ3) is 1.02. The molecule has 0 aromatic carbocycles. The molecule has 5 atom stereocenters. The van der Waals surface area contributed by atoms with Crippen LogP contribution in [0.4, 0.5) is 0 Å². The van der Waals surface area contributed by atoms with Crippen LogP contribution in [0, 0.1) is 16.7 Å². The van der Waals surface area contributed by atoms with Crippen molar-refractivity contribution in [3.05, 3.63) is 0 Å². The van der Waals surface area contributed by atoms with Gasteiger partial charge in [0, 0.05) is 15.1 Å². The van der Waals surface area contributed by atoms with Crippen LogP contribution in [0.5, 0.6) is 0 Å². The van der Waals surface area contributed by atoms with E-state index in [0.29, 0.717) is 10.7 Å². The highest BCUT2D eigenvalue weighted by Gasteiger charge is 2.68. The molecule has 0 saturated heterocycles. The summed E-state index contributed by atoms with van der Waals surface area (Å²) in [5.74, 6) is 0.549. The van der Waals surface area contributed by atoms with Crippen LogP contribution in [-0.4, -0.2) is 20.9 Å². The average Bonchev–Trinajstić information content (AvgIpc) is 2.22. The number of aliphatic hydroxyl groups excluding tert-OH is 1. The molecule has 1 nitrogen and oxygen atoms in total. The number of fused-ring (bicyclic) bond motifs is 2. The van der Waals surface area contributed by atoms with E-state index in [-0.39, 0.29) is 21.8 Å². The second-order valence-electron chi connectivity index (χ2n) is 5.27. The lowest BCUT2D eigenvalue weighted by Gasteiger charge is -2.36. The molecule has 76 valence electrons. The average molecular weight is 312 g/mol. The summed E-state index contributed by atoms with van der Waals surface area (Å²) in [7, 11) is 0. The van der Waals surface area contributed by atoms with Gasteiger partial charge in [-0.05, 0) is 17.8 Å². The highest BCUT2D eigenvalue weighted by atomic mass is 79.9. The highest BCUT2D eigenvalue weighted by molar-refractivity contribution is 9.10. The molecular formula is C10H16Br2O. The van der Waals surface area contributed by atoms with Gasteiger partial charge in [-0.15, -0.1) is 0 Å². The number of aliphatic hydroxyl groups is 1. The predicted molar refractivity (Wildman–Crippen MR) is 61.4 cm³/mol. The summed E-state index contributed by atoms with van der Waals surface area (Å²) in [5, 5.41) is 10.1. The fourth-order valence-electron chi connectivity index (χ4n) is 3.28. The van der Waals surface area contributed by atoms with Crippen molar-refractivity contribution >= 4 is 31.9 Å². The van der Waals surface area contributed by atoms with Crippen molar-refractivity contribution in [3.63, 3.8) is 0 Å². The Hall–Kier alpha value is 0.920. The van der Waals surface area contributed by atoms with Crippen LogP contribution in [0.1, 0.15) is 27.2 Å². The van der Waals surface area contributed by atoms with Gasteiger partial charge in [-0.1, -0.05) is 52.6 Å². The Balaban J connectivity index is 2.46. The molecule has 0 aliphatic heterocycles. The van der Waals surface area contributed by atoms with Crippen LogP contribution in [0.3, 0.4) is 0 Å². The van der Waals surface area contributed by atoms with Gasteiger partial charge in [-0.25, -0.2) is 0 Å². The molecule has 2 unspecified atom stereocenters. The standard InChI is InChI=1S/C10H16Br2O/c1-9(2)6-5(11)4-10(9,3)8(13)7(6)12/h5-8,13H,4H2,1-3H3/t5?,6-,7?,8+,10-/m1/s1. The Labute approximate surface area is 96.5 Å².